The molecule has 26 heavy (non-hydrogen) atoms. The van der Waals surface area contributed by atoms with Gasteiger partial charge in [0.25, 0.3) is 5.89 Å². The lowest BCUT2D eigenvalue weighted by Gasteiger charge is -1.98. The van der Waals surface area contributed by atoms with Crippen molar-refractivity contribution in [1.82, 2.24) is 19.7 Å². The SMILES string of the molecule is Cc1noc(-c2csc(C(=O)c3cn(C(=O)O)c4c(F)cccc34)n2)n1. The van der Waals surface area contributed by atoms with E-state index in [4.69, 9.17) is 4.52 Å². The Morgan fingerprint density at radius 1 is 1.31 bits per heavy atom. The van der Waals surface area contributed by atoms with Crippen LogP contribution in [-0.2, 0) is 0 Å². The van der Waals surface area contributed by atoms with Crippen LogP contribution >= 0.6 is 11.3 Å². The van der Waals surface area contributed by atoms with Gasteiger partial charge < -0.3 is 9.63 Å². The second-order valence-electron chi connectivity index (χ2n) is 5.35. The van der Waals surface area contributed by atoms with Gasteiger partial charge in [-0.15, -0.1) is 11.3 Å². The van der Waals surface area contributed by atoms with Crippen molar-refractivity contribution in [3.63, 3.8) is 0 Å². The molecule has 0 unspecified atom stereocenters. The van der Waals surface area contributed by atoms with Crippen LogP contribution in [0.3, 0.4) is 0 Å². The average Bonchev–Trinajstić information content (AvgIpc) is 3.31. The van der Waals surface area contributed by atoms with Crippen molar-refractivity contribution >= 4 is 34.1 Å². The van der Waals surface area contributed by atoms with Gasteiger partial charge in [-0.2, -0.15) is 4.98 Å². The van der Waals surface area contributed by atoms with Gasteiger partial charge in [0.05, 0.1) is 11.1 Å². The van der Waals surface area contributed by atoms with Crippen LogP contribution in [0.25, 0.3) is 22.5 Å². The fourth-order valence-corrected chi connectivity index (χ4v) is 3.31. The minimum Gasteiger partial charge on any atom is -0.464 e. The van der Waals surface area contributed by atoms with Gasteiger partial charge in [0.15, 0.2) is 10.8 Å². The lowest BCUT2D eigenvalue weighted by atomic mass is 10.1. The van der Waals surface area contributed by atoms with Gasteiger partial charge in [0, 0.05) is 17.0 Å². The van der Waals surface area contributed by atoms with E-state index in [0.29, 0.717) is 16.1 Å². The number of aromatic nitrogens is 4. The Hall–Kier alpha value is -3.40. The van der Waals surface area contributed by atoms with Crippen LogP contribution in [0.5, 0.6) is 0 Å². The number of hydrogen-bond donors (Lipinski definition) is 1. The number of thiazole rings is 1. The molecule has 1 aromatic carbocycles. The van der Waals surface area contributed by atoms with E-state index in [1.807, 2.05) is 0 Å². The first-order chi connectivity index (χ1) is 12.5. The molecule has 4 aromatic rings. The molecule has 0 saturated heterocycles. The molecule has 0 fully saturated rings. The maximum Gasteiger partial charge on any atom is 0.416 e. The standard InChI is InChI=1S/C16H9FN4O4S/c1-7-18-14(25-20-7)11-6-26-15(19-11)13(22)9-5-21(16(23)24)12-8(9)3-2-4-10(12)17/h2-6H,1H3,(H,23,24). The fourth-order valence-electron chi connectivity index (χ4n) is 2.57. The number of halogens is 1. The molecule has 4 rings (SSSR count). The fraction of sp³-hybridized carbons (Fsp3) is 0.0625. The molecular formula is C16H9FN4O4S. The summed E-state index contributed by atoms with van der Waals surface area (Å²) < 4.78 is 19.8. The first-order valence-electron chi connectivity index (χ1n) is 7.29. The highest BCUT2D eigenvalue weighted by molar-refractivity contribution is 7.12. The van der Waals surface area contributed by atoms with Crippen molar-refractivity contribution < 1.29 is 23.6 Å². The van der Waals surface area contributed by atoms with Crippen molar-refractivity contribution in [2.75, 3.05) is 0 Å². The van der Waals surface area contributed by atoms with E-state index in [1.54, 1.807) is 12.3 Å². The predicted octanol–water partition coefficient (Wildman–Crippen LogP) is 3.35. The molecule has 0 aliphatic heterocycles. The van der Waals surface area contributed by atoms with E-state index >= 15 is 0 Å². The van der Waals surface area contributed by atoms with E-state index in [1.165, 1.54) is 12.1 Å². The van der Waals surface area contributed by atoms with E-state index in [-0.39, 0.29) is 27.4 Å². The molecule has 10 heteroatoms. The number of carbonyl (C=O) groups excluding carboxylic acids is 1. The maximum atomic E-state index is 14.1. The number of carboxylic acid groups (broad SMARTS) is 1. The third kappa shape index (κ3) is 2.47. The molecule has 1 N–H and O–H groups in total. The topological polar surface area (TPSA) is 111 Å². The zero-order valence-electron chi connectivity index (χ0n) is 13.1. The van der Waals surface area contributed by atoms with Crippen molar-refractivity contribution in [3.05, 3.63) is 52.0 Å². The number of carbonyl (C=O) groups is 2. The van der Waals surface area contributed by atoms with Crippen LogP contribution in [0, 0.1) is 12.7 Å². The van der Waals surface area contributed by atoms with E-state index < -0.39 is 17.7 Å². The Kier molecular flexibility index (Phi) is 3.62. The number of para-hydroxylation sites is 1. The normalized spacial score (nSPS) is 11.2. The lowest BCUT2D eigenvalue weighted by molar-refractivity contribution is 0.104. The smallest absolute Gasteiger partial charge is 0.416 e. The van der Waals surface area contributed by atoms with Gasteiger partial charge in [-0.1, -0.05) is 17.3 Å². The van der Waals surface area contributed by atoms with Gasteiger partial charge in [-0.3, -0.25) is 4.79 Å². The first kappa shape index (κ1) is 16.1. The number of aryl methyl sites for hydroxylation is 1. The minimum absolute atomic E-state index is 0.0458. The number of nitrogens with zero attached hydrogens (tertiary/aromatic N) is 4. The summed E-state index contributed by atoms with van der Waals surface area (Å²) in [6.45, 7) is 1.65. The highest BCUT2D eigenvalue weighted by Gasteiger charge is 2.24. The van der Waals surface area contributed by atoms with Crippen LogP contribution in [0.2, 0.25) is 0 Å². The average molecular weight is 372 g/mol. The number of hydrogen-bond acceptors (Lipinski definition) is 7. The Labute approximate surface area is 148 Å². The molecule has 0 saturated carbocycles. The quantitative estimate of drug-likeness (QED) is 0.549. The molecule has 0 amide bonds. The van der Waals surface area contributed by atoms with Gasteiger partial charge in [-0.25, -0.2) is 18.7 Å². The molecule has 0 atom stereocenters. The molecule has 0 bridgehead atoms. The Morgan fingerprint density at radius 2 is 2.12 bits per heavy atom. The van der Waals surface area contributed by atoms with Crippen LogP contribution in [-0.4, -0.2) is 36.7 Å². The molecule has 3 heterocycles. The van der Waals surface area contributed by atoms with E-state index in [9.17, 15) is 19.1 Å². The number of fused-ring (bicyclic) bond motifs is 1. The van der Waals surface area contributed by atoms with Crippen molar-refractivity contribution in [3.8, 4) is 11.6 Å². The zero-order valence-corrected chi connectivity index (χ0v) is 14.0. The molecule has 0 spiro atoms. The second kappa shape index (κ2) is 5.85. The third-order valence-corrected chi connectivity index (χ3v) is 4.51. The molecule has 0 aliphatic rings. The van der Waals surface area contributed by atoms with Gasteiger partial charge in [0.2, 0.25) is 5.78 Å². The van der Waals surface area contributed by atoms with Crippen LogP contribution in [0.1, 0.15) is 21.2 Å². The summed E-state index contributed by atoms with van der Waals surface area (Å²) in [7, 11) is 0. The lowest BCUT2D eigenvalue weighted by Crippen LogP contribution is -2.07. The minimum atomic E-state index is -1.39. The molecule has 3 aromatic heterocycles. The number of benzene rings is 1. The zero-order chi connectivity index (χ0) is 18.4. The monoisotopic (exact) mass is 372 g/mol. The number of ketones is 1. The largest absolute Gasteiger partial charge is 0.464 e. The molecule has 130 valence electrons. The van der Waals surface area contributed by atoms with Crippen LogP contribution in [0.15, 0.2) is 34.3 Å². The van der Waals surface area contributed by atoms with E-state index in [2.05, 4.69) is 15.1 Å². The maximum absolute atomic E-state index is 14.1. The summed E-state index contributed by atoms with van der Waals surface area (Å²) in [4.78, 5) is 32.4. The van der Waals surface area contributed by atoms with Crippen molar-refractivity contribution in [2.45, 2.75) is 6.92 Å². The Balaban J connectivity index is 1.81. The Bertz CT molecular complexity index is 1180. The van der Waals surface area contributed by atoms with Crippen molar-refractivity contribution in [1.29, 1.82) is 0 Å². The molecular weight excluding hydrogens is 363 g/mol. The third-order valence-electron chi connectivity index (χ3n) is 3.67. The van der Waals surface area contributed by atoms with Crippen molar-refractivity contribution in [2.24, 2.45) is 0 Å². The van der Waals surface area contributed by atoms with Crippen LogP contribution in [0.4, 0.5) is 9.18 Å². The van der Waals surface area contributed by atoms with Crippen LogP contribution < -0.4 is 0 Å². The summed E-state index contributed by atoms with van der Waals surface area (Å²) in [5.41, 5.74) is 0.212. The Morgan fingerprint density at radius 3 is 2.81 bits per heavy atom. The highest BCUT2D eigenvalue weighted by atomic mass is 32.1. The van der Waals surface area contributed by atoms with E-state index in [0.717, 1.165) is 23.6 Å². The second-order valence-corrected chi connectivity index (χ2v) is 6.20. The molecule has 0 radical (unpaired) electrons. The molecule has 8 nitrogen and oxygen atoms in total. The summed E-state index contributed by atoms with van der Waals surface area (Å²) >= 11 is 1.05. The summed E-state index contributed by atoms with van der Waals surface area (Å²) in [6.07, 6.45) is -0.295. The summed E-state index contributed by atoms with van der Waals surface area (Å²) in [5.74, 6) is -0.643. The highest BCUT2D eigenvalue weighted by Crippen LogP contribution is 2.28. The van der Waals surface area contributed by atoms with Gasteiger partial charge >= 0.3 is 6.09 Å². The number of rotatable bonds is 3. The predicted molar refractivity (Wildman–Crippen MR) is 88.9 cm³/mol. The molecule has 0 aliphatic carbocycles. The summed E-state index contributed by atoms with van der Waals surface area (Å²) in [6, 6.07) is 4.03. The summed E-state index contributed by atoms with van der Waals surface area (Å²) in [5, 5.41) is 14.8. The van der Waals surface area contributed by atoms with Gasteiger partial charge in [-0.05, 0) is 13.0 Å². The first-order valence-corrected chi connectivity index (χ1v) is 8.17. The van der Waals surface area contributed by atoms with Gasteiger partial charge in [0.1, 0.15) is 11.5 Å².